The van der Waals surface area contributed by atoms with E-state index in [0.717, 1.165) is 38.2 Å². The highest BCUT2D eigenvalue weighted by Crippen LogP contribution is 2.29. The van der Waals surface area contributed by atoms with Crippen molar-refractivity contribution in [3.05, 3.63) is 44.1 Å². The fourth-order valence-corrected chi connectivity index (χ4v) is 2.94. The molecule has 0 aliphatic heterocycles. The SMILES string of the molecule is CCn1nc(C)c(Br)c1COc1ccc(Br)cc1[C@@H](C)N. The molecule has 1 heterocycles. The number of aryl methyl sites for hydroxylation is 2. The molecule has 2 rings (SSSR count). The van der Waals surface area contributed by atoms with Gasteiger partial charge in [-0.05, 0) is 54.9 Å². The first kappa shape index (κ1) is 16.5. The Morgan fingerprint density at radius 3 is 2.71 bits per heavy atom. The lowest BCUT2D eigenvalue weighted by atomic mass is 10.1. The van der Waals surface area contributed by atoms with Crippen LogP contribution in [0.1, 0.15) is 36.8 Å². The number of nitrogens with two attached hydrogens (primary N) is 1. The summed E-state index contributed by atoms with van der Waals surface area (Å²) in [5, 5.41) is 4.47. The van der Waals surface area contributed by atoms with Crippen LogP contribution in [0, 0.1) is 6.92 Å². The van der Waals surface area contributed by atoms with Crippen LogP contribution in [0.5, 0.6) is 5.75 Å². The molecule has 0 aliphatic rings. The van der Waals surface area contributed by atoms with Crippen molar-refractivity contribution < 1.29 is 4.74 Å². The zero-order chi connectivity index (χ0) is 15.6. The van der Waals surface area contributed by atoms with Gasteiger partial charge in [-0.15, -0.1) is 0 Å². The van der Waals surface area contributed by atoms with Gasteiger partial charge in [-0.2, -0.15) is 5.10 Å². The van der Waals surface area contributed by atoms with Crippen molar-refractivity contribution in [3.63, 3.8) is 0 Å². The first-order valence-electron chi connectivity index (χ1n) is 6.83. The molecule has 2 aromatic rings. The van der Waals surface area contributed by atoms with Crippen LogP contribution in [0.4, 0.5) is 0 Å². The lowest BCUT2D eigenvalue weighted by Gasteiger charge is -2.15. The van der Waals surface area contributed by atoms with Gasteiger partial charge < -0.3 is 10.5 Å². The second kappa shape index (κ2) is 6.94. The molecule has 0 saturated heterocycles. The highest BCUT2D eigenvalue weighted by Gasteiger charge is 2.14. The molecular formula is C15H19Br2N3O. The predicted octanol–water partition coefficient (Wildman–Crippen LogP) is 4.34. The standard InChI is InChI=1S/C15H19Br2N3O/c1-4-20-13(15(17)10(3)19-20)8-21-14-6-5-11(16)7-12(14)9(2)18/h5-7,9H,4,8,18H2,1-3H3/t9-/m1/s1. The molecule has 1 aromatic carbocycles. The summed E-state index contributed by atoms with van der Waals surface area (Å²) in [6.45, 7) is 7.26. The maximum atomic E-state index is 6.01. The topological polar surface area (TPSA) is 53.1 Å². The van der Waals surface area contributed by atoms with E-state index in [4.69, 9.17) is 10.5 Å². The smallest absolute Gasteiger partial charge is 0.131 e. The summed E-state index contributed by atoms with van der Waals surface area (Å²) in [4.78, 5) is 0. The summed E-state index contributed by atoms with van der Waals surface area (Å²) in [6.07, 6.45) is 0. The van der Waals surface area contributed by atoms with Crippen LogP contribution in [-0.2, 0) is 13.2 Å². The number of hydrogen-bond acceptors (Lipinski definition) is 3. The van der Waals surface area contributed by atoms with Gasteiger partial charge >= 0.3 is 0 Å². The summed E-state index contributed by atoms with van der Waals surface area (Å²) < 4.78 is 9.93. The van der Waals surface area contributed by atoms with Crippen molar-refractivity contribution in [2.24, 2.45) is 5.73 Å². The Bertz CT molecular complexity index is 638. The van der Waals surface area contributed by atoms with Crippen LogP contribution in [0.25, 0.3) is 0 Å². The average Bonchev–Trinajstić information content (AvgIpc) is 2.72. The molecule has 1 atom stereocenters. The Kier molecular flexibility index (Phi) is 5.46. The van der Waals surface area contributed by atoms with E-state index in [-0.39, 0.29) is 6.04 Å². The summed E-state index contributed by atoms with van der Waals surface area (Å²) in [5.74, 6) is 0.807. The summed E-state index contributed by atoms with van der Waals surface area (Å²) >= 11 is 7.04. The summed E-state index contributed by atoms with van der Waals surface area (Å²) in [7, 11) is 0. The number of hydrogen-bond donors (Lipinski definition) is 1. The Morgan fingerprint density at radius 2 is 2.10 bits per heavy atom. The molecule has 0 amide bonds. The Labute approximate surface area is 141 Å². The molecule has 0 fully saturated rings. The third kappa shape index (κ3) is 3.67. The maximum absolute atomic E-state index is 6.01. The molecule has 2 N–H and O–H groups in total. The predicted molar refractivity (Wildman–Crippen MR) is 91.4 cm³/mol. The van der Waals surface area contributed by atoms with Crippen LogP contribution >= 0.6 is 31.9 Å². The van der Waals surface area contributed by atoms with E-state index in [0.29, 0.717) is 6.61 Å². The van der Waals surface area contributed by atoms with Gasteiger partial charge in [0.2, 0.25) is 0 Å². The quantitative estimate of drug-likeness (QED) is 0.788. The highest BCUT2D eigenvalue weighted by molar-refractivity contribution is 9.10. The molecule has 0 spiro atoms. The molecule has 6 heteroatoms. The number of benzene rings is 1. The zero-order valence-corrected chi connectivity index (χ0v) is 15.5. The van der Waals surface area contributed by atoms with Gasteiger partial charge in [-0.25, -0.2) is 0 Å². The zero-order valence-electron chi connectivity index (χ0n) is 12.4. The molecule has 4 nitrogen and oxygen atoms in total. The van der Waals surface area contributed by atoms with Crippen LogP contribution < -0.4 is 10.5 Å². The minimum atomic E-state index is -0.0845. The van der Waals surface area contributed by atoms with Crippen LogP contribution in [0.3, 0.4) is 0 Å². The normalized spacial score (nSPS) is 12.5. The molecule has 114 valence electrons. The third-order valence-electron chi connectivity index (χ3n) is 3.28. The molecule has 1 aromatic heterocycles. The summed E-state index contributed by atoms with van der Waals surface area (Å²) in [6, 6.07) is 5.81. The molecule has 0 radical (unpaired) electrons. The number of halogens is 2. The van der Waals surface area contributed by atoms with Gasteiger partial charge in [0.1, 0.15) is 12.4 Å². The second-order valence-electron chi connectivity index (χ2n) is 4.92. The number of aromatic nitrogens is 2. The molecule has 0 saturated carbocycles. The van der Waals surface area contributed by atoms with E-state index in [1.54, 1.807) is 0 Å². The Morgan fingerprint density at radius 1 is 1.38 bits per heavy atom. The van der Waals surface area contributed by atoms with Gasteiger partial charge in [-0.3, -0.25) is 4.68 Å². The molecule has 0 aliphatic carbocycles. The van der Waals surface area contributed by atoms with Gasteiger partial charge in [0.25, 0.3) is 0 Å². The van der Waals surface area contributed by atoms with Crippen LogP contribution in [0.15, 0.2) is 27.1 Å². The fraction of sp³-hybridized carbons (Fsp3) is 0.400. The first-order valence-corrected chi connectivity index (χ1v) is 8.42. The molecule has 0 bridgehead atoms. The average molecular weight is 417 g/mol. The van der Waals surface area contributed by atoms with E-state index in [1.807, 2.05) is 36.7 Å². The van der Waals surface area contributed by atoms with Crippen molar-refractivity contribution in [1.82, 2.24) is 9.78 Å². The molecular weight excluding hydrogens is 398 g/mol. The van der Waals surface area contributed by atoms with Crippen molar-refractivity contribution in [3.8, 4) is 5.75 Å². The number of rotatable bonds is 5. The minimum absolute atomic E-state index is 0.0845. The van der Waals surface area contributed by atoms with Gasteiger partial charge in [0.15, 0.2) is 0 Å². The van der Waals surface area contributed by atoms with E-state index < -0.39 is 0 Å². The van der Waals surface area contributed by atoms with Crippen LogP contribution in [-0.4, -0.2) is 9.78 Å². The van der Waals surface area contributed by atoms with E-state index >= 15 is 0 Å². The number of nitrogens with zero attached hydrogens (tertiary/aromatic N) is 2. The Hall–Kier alpha value is -0.850. The third-order valence-corrected chi connectivity index (χ3v) is 4.80. The van der Waals surface area contributed by atoms with Crippen molar-refractivity contribution in [2.45, 2.75) is 40.0 Å². The largest absolute Gasteiger partial charge is 0.487 e. The molecule has 0 unspecified atom stereocenters. The lowest BCUT2D eigenvalue weighted by molar-refractivity contribution is 0.287. The van der Waals surface area contributed by atoms with Crippen molar-refractivity contribution in [2.75, 3.05) is 0 Å². The lowest BCUT2D eigenvalue weighted by Crippen LogP contribution is -2.10. The highest BCUT2D eigenvalue weighted by atomic mass is 79.9. The van der Waals surface area contributed by atoms with Gasteiger partial charge in [0.05, 0.1) is 15.9 Å². The minimum Gasteiger partial charge on any atom is -0.487 e. The second-order valence-corrected chi connectivity index (χ2v) is 6.63. The fourth-order valence-electron chi connectivity index (χ4n) is 2.16. The Balaban J connectivity index is 2.25. The van der Waals surface area contributed by atoms with Gasteiger partial charge in [0, 0.05) is 22.6 Å². The monoisotopic (exact) mass is 415 g/mol. The van der Waals surface area contributed by atoms with E-state index in [2.05, 4.69) is 43.9 Å². The van der Waals surface area contributed by atoms with Crippen molar-refractivity contribution in [1.29, 1.82) is 0 Å². The van der Waals surface area contributed by atoms with Crippen molar-refractivity contribution >= 4 is 31.9 Å². The van der Waals surface area contributed by atoms with Gasteiger partial charge in [-0.1, -0.05) is 15.9 Å². The van der Waals surface area contributed by atoms with E-state index in [9.17, 15) is 0 Å². The first-order chi connectivity index (χ1) is 9.93. The van der Waals surface area contributed by atoms with Crippen LogP contribution in [0.2, 0.25) is 0 Å². The number of ether oxygens (including phenoxy) is 1. The van der Waals surface area contributed by atoms with E-state index in [1.165, 1.54) is 0 Å². The molecule has 21 heavy (non-hydrogen) atoms. The summed E-state index contributed by atoms with van der Waals surface area (Å²) in [5.41, 5.74) is 9.01. The maximum Gasteiger partial charge on any atom is 0.131 e.